The molecule has 4 rings (SSSR count). The third kappa shape index (κ3) is 5.17. The minimum absolute atomic E-state index is 0.594. The molecule has 0 amide bonds. The molecule has 5 heteroatoms. The van der Waals surface area contributed by atoms with E-state index in [1.165, 1.54) is 11.1 Å². The Hall–Kier alpha value is -3.73. The van der Waals surface area contributed by atoms with Crippen molar-refractivity contribution in [3.8, 4) is 11.3 Å². The number of aryl methyl sites for hydroxylation is 1. The van der Waals surface area contributed by atoms with Crippen molar-refractivity contribution in [1.29, 1.82) is 0 Å². The van der Waals surface area contributed by atoms with E-state index in [9.17, 15) is 0 Å². The molecule has 0 unspecified atom stereocenters. The van der Waals surface area contributed by atoms with Crippen molar-refractivity contribution in [2.24, 2.45) is 0 Å². The molecule has 0 atom stereocenters. The van der Waals surface area contributed by atoms with Crippen molar-refractivity contribution in [2.45, 2.75) is 20.0 Å². The molecule has 0 fully saturated rings. The summed E-state index contributed by atoms with van der Waals surface area (Å²) in [6.07, 6.45) is 1.79. The van der Waals surface area contributed by atoms with E-state index >= 15 is 0 Å². The zero-order chi connectivity index (χ0) is 19.9. The Morgan fingerprint density at radius 3 is 2.41 bits per heavy atom. The number of hydrogen-bond donors (Lipinski definition) is 2. The van der Waals surface area contributed by atoms with Crippen molar-refractivity contribution in [3.63, 3.8) is 0 Å². The van der Waals surface area contributed by atoms with E-state index in [1.807, 2.05) is 42.5 Å². The molecule has 2 heterocycles. The molecule has 0 saturated carbocycles. The summed E-state index contributed by atoms with van der Waals surface area (Å²) in [6, 6.07) is 26.4. The summed E-state index contributed by atoms with van der Waals surface area (Å²) in [4.78, 5) is 13.7. The zero-order valence-corrected chi connectivity index (χ0v) is 16.3. The number of rotatable bonds is 7. The van der Waals surface area contributed by atoms with Crippen molar-refractivity contribution in [1.82, 2.24) is 15.0 Å². The Kier molecular flexibility index (Phi) is 5.76. The number of pyridine rings is 1. The summed E-state index contributed by atoms with van der Waals surface area (Å²) in [7, 11) is 0. The summed E-state index contributed by atoms with van der Waals surface area (Å²) in [5.41, 5.74) is 5.31. The van der Waals surface area contributed by atoms with E-state index in [0.717, 1.165) is 22.8 Å². The van der Waals surface area contributed by atoms with E-state index in [-0.39, 0.29) is 0 Å². The molecule has 0 aliphatic rings. The van der Waals surface area contributed by atoms with Crippen LogP contribution in [0.25, 0.3) is 11.3 Å². The molecule has 0 aliphatic heterocycles. The first kappa shape index (κ1) is 18.6. The quantitative estimate of drug-likeness (QED) is 0.468. The number of aromatic nitrogens is 3. The van der Waals surface area contributed by atoms with E-state index < -0.39 is 0 Å². The van der Waals surface area contributed by atoms with Crippen LogP contribution in [0.2, 0.25) is 0 Å². The van der Waals surface area contributed by atoms with Crippen LogP contribution in [0.1, 0.15) is 16.8 Å². The molecule has 0 saturated heterocycles. The van der Waals surface area contributed by atoms with Gasteiger partial charge in [0.25, 0.3) is 0 Å². The monoisotopic (exact) mass is 381 g/mol. The molecule has 0 radical (unpaired) electrons. The molecule has 0 spiro atoms. The highest BCUT2D eigenvalue weighted by atomic mass is 15.1. The van der Waals surface area contributed by atoms with Gasteiger partial charge in [0.2, 0.25) is 5.95 Å². The predicted molar refractivity (Wildman–Crippen MR) is 118 cm³/mol. The fourth-order valence-corrected chi connectivity index (χ4v) is 3.06. The van der Waals surface area contributed by atoms with Crippen molar-refractivity contribution < 1.29 is 0 Å². The maximum Gasteiger partial charge on any atom is 0.225 e. The van der Waals surface area contributed by atoms with Crippen LogP contribution < -0.4 is 10.6 Å². The summed E-state index contributed by atoms with van der Waals surface area (Å²) >= 11 is 0. The van der Waals surface area contributed by atoms with E-state index in [4.69, 9.17) is 4.98 Å². The van der Waals surface area contributed by atoms with E-state index in [2.05, 4.69) is 63.9 Å². The lowest BCUT2D eigenvalue weighted by atomic mass is 10.1. The lowest BCUT2D eigenvalue weighted by molar-refractivity contribution is 1.01. The Labute approximate surface area is 170 Å². The van der Waals surface area contributed by atoms with Gasteiger partial charge in [0, 0.05) is 24.4 Å². The van der Waals surface area contributed by atoms with Crippen LogP contribution in [0, 0.1) is 6.92 Å². The number of nitrogens with zero attached hydrogens (tertiary/aromatic N) is 3. The first-order valence-electron chi connectivity index (χ1n) is 9.64. The summed E-state index contributed by atoms with van der Waals surface area (Å²) in [5.74, 6) is 1.35. The van der Waals surface area contributed by atoms with Gasteiger partial charge in [-0.1, -0.05) is 66.2 Å². The molecule has 2 aromatic carbocycles. The van der Waals surface area contributed by atoms with Crippen LogP contribution in [0.5, 0.6) is 0 Å². The molecule has 0 aliphatic carbocycles. The minimum Gasteiger partial charge on any atom is -0.364 e. The van der Waals surface area contributed by atoms with E-state index in [1.54, 1.807) is 6.20 Å². The van der Waals surface area contributed by atoms with Gasteiger partial charge in [0.15, 0.2) is 0 Å². The van der Waals surface area contributed by atoms with Gasteiger partial charge in [-0.25, -0.2) is 4.98 Å². The average Bonchev–Trinajstić information content (AvgIpc) is 2.78. The third-order valence-electron chi connectivity index (χ3n) is 4.51. The van der Waals surface area contributed by atoms with Crippen molar-refractivity contribution in [3.05, 3.63) is 102 Å². The van der Waals surface area contributed by atoms with Gasteiger partial charge in [0.05, 0.1) is 17.9 Å². The molecule has 144 valence electrons. The smallest absolute Gasteiger partial charge is 0.225 e. The topological polar surface area (TPSA) is 62.7 Å². The van der Waals surface area contributed by atoms with Gasteiger partial charge in [-0.2, -0.15) is 4.98 Å². The molecule has 2 aromatic heterocycles. The SMILES string of the molecule is Cc1cccc(CNc2nc(NCc3ccccn3)cc(-c3ccccc3)n2)c1. The second kappa shape index (κ2) is 8.97. The third-order valence-corrected chi connectivity index (χ3v) is 4.51. The Morgan fingerprint density at radius 2 is 1.62 bits per heavy atom. The van der Waals surface area contributed by atoms with Crippen LogP contribution >= 0.6 is 0 Å². The number of benzene rings is 2. The zero-order valence-electron chi connectivity index (χ0n) is 16.3. The fourth-order valence-electron chi connectivity index (χ4n) is 3.06. The number of hydrogen-bond acceptors (Lipinski definition) is 5. The highest BCUT2D eigenvalue weighted by Crippen LogP contribution is 2.22. The second-order valence-electron chi connectivity index (χ2n) is 6.85. The Bertz CT molecular complexity index is 1060. The summed E-state index contributed by atoms with van der Waals surface area (Å²) < 4.78 is 0. The molecule has 29 heavy (non-hydrogen) atoms. The standard InChI is InChI=1S/C24H23N5/c1-18-8-7-9-19(14-18)16-27-24-28-22(20-10-3-2-4-11-20)15-23(29-24)26-17-21-12-5-6-13-25-21/h2-15H,16-17H2,1H3,(H2,26,27,28,29). The largest absolute Gasteiger partial charge is 0.364 e. The van der Waals surface area contributed by atoms with Crippen molar-refractivity contribution in [2.75, 3.05) is 10.6 Å². The normalized spacial score (nSPS) is 10.5. The Balaban J connectivity index is 1.57. The van der Waals surface area contributed by atoms with Crippen LogP contribution in [-0.2, 0) is 13.1 Å². The van der Waals surface area contributed by atoms with Crippen LogP contribution in [-0.4, -0.2) is 15.0 Å². The molecular formula is C24H23N5. The van der Waals surface area contributed by atoms with Gasteiger partial charge in [-0.05, 0) is 24.6 Å². The summed E-state index contributed by atoms with van der Waals surface area (Å²) in [5, 5.41) is 6.72. The molecule has 2 N–H and O–H groups in total. The highest BCUT2D eigenvalue weighted by molar-refractivity contribution is 5.64. The first-order valence-corrected chi connectivity index (χ1v) is 9.64. The molecular weight excluding hydrogens is 358 g/mol. The fraction of sp³-hybridized carbons (Fsp3) is 0.125. The molecule has 0 bridgehead atoms. The highest BCUT2D eigenvalue weighted by Gasteiger charge is 2.07. The first-order chi connectivity index (χ1) is 14.3. The molecule has 5 nitrogen and oxygen atoms in total. The van der Waals surface area contributed by atoms with E-state index in [0.29, 0.717) is 19.0 Å². The van der Waals surface area contributed by atoms with Crippen LogP contribution in [0.4, 0.5) is 11.8 Å². The Morgan fingerprint density at radius 1 is 0.759 bits per heavy atom. The molecule has 4 aromatic rings. The lowest BCUT2D eigenvalue weighted by Gasteiger charge is -2.12. The average molecular weight is 381 g/mol. The van der Waals surface area contributed by atoms with Gasteiger partial charge in [0.1, 0.15) is 5.82 Å². The predicted octanol–water partition coefficient (Wildman–Crippen LogP) is 5.07. The maximum atomic E-state index is 4.72. The number of nitrogens with one attached hydrogen (secondary N) is 2. The van der Waals surface area contributed by atoms with Crippen LogP contribution in [0.3, 0.4) is 0 Å². The second-order valence-corrected chi connectivity index (χ2v) is 6.85. The lowest BCUT2D eigenvalue weighted by Crippen LogP contribution is -2.08. The van der Waals surface area contributed by atoms with Crippen molar-refractivity contribution >= 4 is 11.8 Å². The van der Waals surface area contributed by atoms with Crippen LogP contribution in [0.15, 0.2) is 85.1 Å². The summed E-state index contributed by atoms with van der Waals surface area (Å²) in [6.45, 7) is 3.36. The van der Waals surface area contributed by atoms with Gasteiger partial charge >= 0.3 is 0 Å². The minimum atomic E-state index is 0.594. The maximum absolute atomic E-state index is 4.72. The van der Waals surface area contributed by atoms with Gasteiger partial charge in [-0.15, -0.1) is 0 Å². The van der Waals surface area contributed by atoms with Gasteiger partial charge in [-0.3, -0.25) is 4.98 Å². The number of anilines is 2. The van der Waals surface area contributed by atoms with Gasteiger partial charge < -0.3 is 10.6 Å².